The molecule has 0 amide bonds. The second kappa shape index (κ2) is 7.95. The summed E-state index contributed by atoms with van der Waals surface area (Å²) < 4.78 is 18.3. The fraction of sp³-hybridized carbons (Fsp3) is 0.263. The van der Waals surface area contributed by atoms with Gasteiger partial charge in [-0.05, 0) is 31.2 Å². The van der Waals surface area contributed by atoms with Crippen LogP contribution < -0.4 is 9.47 Å². The van der Waals surface area contributed by atoms with Crippen molar-refractivity contribution in [1.82, 2.24) is 14.8 Å². The Morgan fingerprint density at radius 1 is 1.11 bits per heavy atom. The van der Waals surface area contributed by atoms with Crippen LogP contribution in [0, 0.1) is 6.92 Å². The highest BCUT2D eigenvalue weighted by Crippen LogP contribution is 2.36. The molecule has 0 radical (unpaired) electrons. The minimum atomic E-state index is -1.48. The number of aromatic nitrogens is 3. The topological polar surface area (TPSA) is 117 Å². The van der Waals surface area contributed by atoms with Crippen LogP contribution in [0.15, 0.2) is 34.7 Å². The van der Waals surface area contributed by atoms with Crippen LogP contribution in [0.2, 0.25) is 0 Å². The molecular formula is C19H19N3O6. The van der Waals surface area contributed by atoms with Crippen molar-refractivity contribution in [3.05, 3.63) is 41.9 Å². The average Bonchev–Trinajstić information content (AvgIpc) is 3.30. The van der Waals surface area contributed by atoms with E-state index in [1.54, 1.807) is 41.8 Å². The van der Waals surface area contributed by atoms with Crippen molar-refractivity contribution in [3.63, 3.8) is 0 Å². The molecule has 2 heterocycles. The number of ether oxygens (including phenoxy) is 2. The van der Waals surface area contributed by atoms with Crippen LogP contribution in [0.1, 0.15) is 18.0 Å². The Balaban J connectivity index is 2.18. The van der Waals surface area contributed by atoms with Crippen molar-refractivity contribution >= 4 is 11.8 Å². The highest BCUT2D eigenvalue weighted by atomic mass is 16.5. The molecule has 9 heteroatoms. The molecule has 0 aliphatic rings. The van der Waals surface area contributed by atoms with Gasteiger partial charge in [0.2, 0.25) is 11.6 Å². The van der Waals surface area contributed by atoms with Gasteiger partial charge in [0.15, 0.2) is 5.76 Å². The van der Waals surface area contributed by atoms with Crippen LogP contribution in [0.5, 0.6) is 11.5 Å². The molecule has 28 heavy (non-hydrogen) atoms. The summed E-state index contributed by atoms with van der Waals surface area (Å²) in [5.41, 5.74) is 0.527. The third kappa shape index (κ3) is 3.59. The Bertz CT molecular complexity index is 998. The zero-order chi connectivity index (χ0) is 20.3. The van der Waals surface area contributed by atoms with E-state index in [-0.39, 0.29) is 12.8 Å². The van der Waals surface area contributed by atoms with Gasteiger partial charge in [0.25, 0.3) is 0 Å². The normalized spacial score (nSPS) is 10.7. The quantitative estimate of drug-likeness (QED) is 0.588. The highest BCUT2D eigenvalue weighted by molar-refractivity contribution is 6.32. The van der Waals surface area contributed by atoms with Gasteiger partial charge < -0.3 is 19.0 Å². The van der Waals surface area contributed by atoms with E-state index in [1.165, 1.54) is 14.2 Å². The monoisotopic (exact) mass is 385 g/mol. The second-order valence-corrected chi connectivity index (χ2v) is 5.93. The van der Waals surface area contributed by atoms with Crippen molar-refractivity contribution < 1.29 is 28.6 Å². The molecule has 1 aromatic carbocycles. The minimum Gasteiger partial charge on any atom is -0.494 e. The van der Waals surface area contributed by atoms with Gasteiger partial charge in [-0.25, -0.2) is 4.79 Å². The Kier molecular flexibility index (Phi) is 5.44. The number of benzene rings is 1. The van der Waals surface area contributed by atoms with E-state index in [0.717, 1.165) is 0 Å². The minimum absolute atomic E-state index is 0.0685. The predicted octanol–water partition coefficient (Wildman–Crippen LogP) is 2.44. The van der Waals surface area contributed by atoms with E-state index in [4.69, 9.17) is 19.0 Å². The first kappa shape index (κ1) is 19.2. The van der Waals surface area contributed by atoms with Crippen molar-refractivity contribution in [1.29, 1.82) is 0 Å². The number of Topliss-reactive ketones (excluding diaryl/α,β-unsaturated/α-hetero) is 1. The third-order valence-electron chi connectivity index (χ3n) is 4.13. The van der Waals surface area contributed by atoms with Crippen LogP contribution in [-0.2, 0) is 16.0 Å². The number of carboxylic acids is 1. The summed E-state index contributed by atoms with van der Waals surface area (Å²) in [5.74, 6) is 0.520. The molecule has 0 fully saturated rings. The van der Waals surface area contributed by atoms with Crippen molar-refractivity contribution in [2.24, 2.45) is 0 Å². The van der Waals surface area contributed by atoms with Crippen molar-refractivity contribution in [3.8, 4) is 28.8 Å². The molecule has 0 saturated carbocycles. The molecule has 0 saturated heterocycles. The van der Waals surface area contributed by atoms with Gasteiger partial charge in [0.05, 0.1) is 14.2 Å². The molecule has 2 aromatic heterocycles. The molecule has 146 valence electrons. The van der Waals surface area contributed by atoms with E-state index in [0.29, 0.717) is 40.4 Å². The van der Waals surface area contributed by atoms with Crippen LogP contribution in [0.25, 0.3) is 17.3 Å². The maximum Gasteiger partial charge on any atom is 0.372 e. The smallest absolute Gasteiger partial charge is 0.372 e. The number of carbonyl (C=O) groups is 2. The number of carbonyl (C=O) groups excluding carboxylic acids is 1. The number of ketones is 1. The van der Waals surface area contributed by atoms with Crippen LogP contribution in [0.4, 0.5) is 0 Å². The molecule has 9 nitrogen and oxygen atoms in total. The van der Waals surface area contributed by atoms with E-state index in [9.17, 15) is 9.59 Å². The van der Waals surface area contributed by atoms with Crippen molar-refractivity contribution in [2.75, 3.05) is 14.2 Å². The standard InChI is InChI=1S/C19H19N3O6/c1-11-7-9-15(28-11)18-21-20-16(10-8-12(23)19(24)25)22(18)17-13(26-2)5-4-6-14(17)27-3/h4-7,9H,8,10H2,1-3H3,(H,24,25). The lowest BCUT2D eigenvalue weighted by atomic mass is 10.2. The maximum absolute atomic E-state index is 11.6. The summed E-state index contributed by atoms with van der Waals surface area (Å²) in [5, 5.41) is 17.2. The average molecular weight is 385 g/mol. The number of nitrogens with zero attached hydrogens (tertiary/aromatic N) is 3. The number of hydrogen-bond donors (Lipinski definition) is 1. The first-order chi connectivity index (χ1) is 13.5. The number of rotatable bonds is 8. The molecular weight excluding hydrogens is 366 g/mol. The van der Waals surface area contributed by atoms with Crippen LogP contribution in [0.3, 0.4) is 0 Å². The molecule has 0 spiro atoms. The Hall–Kier alpha value is -3.62. The summed E-state index contributed by atoms with van der Waals surface area (Å²) in [4.78, 5) is 22.4. The molecule has 0 unspecified atom stereocenters. The van der Waals surface area contributed by atoms with Gasteiger partial charge in [-0.15, -0.1) is 10.2 Å². The SMILES string of the molecule is COc1cccc(OC)c1-n1c(CCC(=O)C(=O)O)nnc1-c1ccc(C)o1. The lowest BCUT2D eigenvalue weighted by Gasteiger charge is -2.16. The first-order valence-electron chi connectivity index (χ1n) is 8.44. The van der Waals surface area contributed by atoms with Gasteiger partial charge in [0, 0.05) is 12.8 Å². The van der Waals surface area contributed by atoms with Crippen molar-refractivity contribution in [2.45, 2.75) is 19.8 Å². The van der Waals surface area contributed by atoms with Gasteiger partial charge in [-0.2, -0.15) is 0 Å². The Morgan fingerprint density at radius 3 is 2.32 bits per heavy atom. The fourth-order valence-corrected chi connectivity index (χ4v) is 2.81. The summed E-state index contributed by atoms with van der Waals surface area (Å²) in [7, 11) is 3.04. The number of aliphatic carboxylic acids is 1. The predicted molar refractivity (Wildman–Crippen MR) is 97.9 cm³/mol. The van der Waals surface area contributed by atoms with Gasteiger partial charge in [0.1, 0.15) is 28.8 Å². The Labute approximate surface area is 160 Å². The zero-order valence-corrected chi connectivity index (χ0v) is 15.6. The largest absolute Gasteiger partial charge is 0.494 e. The summed E-state index contributed by atoms with van der Waals surface area (Å²) in [6, 6.07) is 8.82. The van der Waals surface area contributed by atoms with E-state index in [2.05, 4.69) is 10.2 Å². The van der Waals surface area contributed by atoms with E-state index in [1.807, 2.05) is 0 Å². The fourth-order valence-electron chi connectivity index (χ4n) is 2.81. The molecule has 0 aliphatic heterocycles. The second-order valence-electron chi connectivity index (χ2n) is 5.93. The molecule has 0 bridgehead atoms. The number of para-hydroxylation sites is 1. The van der Waals surface area contributed by atoms with E-state index >= 15 is 0 Å². The third-order valence-corrected chi connectivity index (χ3v) is 4.13. The van der Waals surface area contributed by atoms with Crippen LogP contribution >= 0.6 is 0 Å². The first-order valence-corrected chi connectivity index (χ1v) is 8.44. The summed E-state index contributed by atoms with van der Waals surface area (Å²) in [6.45, 7) is 1.81. The molecule has 3 rings (SSSR count). The van der Waals surface area contributed by atoms with Crippen LogP contribution in [-0.4, -0.2) is 45.8 Å². The number of carboxylic acid groups (broad SMARTS) is 1. The van der Waals surface area contributed by atoms with E-state index < -0.39 is 11.8 Å². The number of furan rings is 1. The molecule has 1 N–H and O–H groups in total. The summed E-state index contributed by atoms with van der Waals surface area (Å²) >= 11 is 0. The molecule has 0 atom stereocenters. The Morgan fingerprint density at radius 2 is 1.79 bits per heavy atom. The number of hydrogen-bond acceptors (Lipinski definition) is 7. The lowest BCUT2D eigenvalue weighted by molar-refractivity contribution is -0.149. The summed E-state index contributed by atoms with van der Waals surface area (Å²) in [6.07, 6.45) is -0.152. The number of aryl methyl sites for hydroxylation is 2. The zero-order valence-electron chi connectivity index (χ0n) is 15.6. The number of methoxy groups -OCH3 is 2. The lowest BCUT2D eigenvalue weighted by Crippen LogP contribution is -2.15. The maximum atomic E-state index is 11.6. The van der Waals surface area contributed by atoms with Gasteiger partial charge in [-0.1, -0.05) is 6.07 Å². The van der Waals surface area contributed by atoms with Gasteiger partial charge in [-0.3, -0.25) is 9.36 Å². The molecule has 3 aromatic rings. The van der Waals surface area contributed by atoms with Gasteiger partial charge >= 0.3 is 5.97 Å². The molecule has 0 aliphatic carbocycles. The highest BCUT2D eigenvalue weighted by Gasteiger charge is 2.24.